The molecule has 0 radical (unpaired) electrons. The van der Waals surface area contributed by atoms with E-state index < -0.39 is 5.60 Å². The van der Waals surface area contributed by atoms with Crippen molar-refractivity contribution in [2.45, 2.75) is 25.1 Å². The number of nitrogens with zero attached hydrogens (tertiary/aromatic N) is 3. The van der Waals surface area contributed by atoms with Gasteiger partial charge in [0.25, 0.3) is 0 Å². The van der Waals surface area contributed by atoms with Crippen molar-refractivity contribution in [3.63, 3.8) is 0 Å². The molecule has 4 rings (SSSR count). The molecule has 1 N–H and O–H groups in total. The van der Waals surface area contributed by atoms with Crippen molar-refractivity contribution in [3.8, 4) is 17.2 Å². The fourth-order valence-corrected chi connectivity index (χ4v) is 4.00. The van der Waals surface area contributed by atoms with E-state index in [2.05, 4.69) is 10.00 Å². The van der Waals surface area contributed by atoms with Gasteiger partial charge in [-0.15, -0.1) is 0 Å². The highest BCUT2D eigenvalue weighted by Crippen LogP contribution is 2.29. The fourth-order valence-electron chi connectivity index (χ4n) is 4.00. The summed E-state index contributed by atoms with van der Waals surface area (Å²) in [4.78, 5) is 2.13. The van der Waals surface area contributed by atoms with Crippen molar-refractivity contribution >= 4 is 0 Å². The van der Waals surface area contributed by atoms with Crippen LogP contribution < -0.4 is 14.2 Å². The maximum atomic E-state index is 13.1. The minimum absolute atomic E-state index is 0.0440. The van der Waals surface area contributed by atoms with E-state index in [1.807, 2.05) is 35.1 Å². The van der Waals surface area contributed by atoms with Crippen molar-refractivity contribution in [1.82, 2.24) is 14.7 Å². The first-order valence-corrected chi connectivity index (χ1v) is 11.7. The molecule has 1 fully saturated rings. The summed E-state index contributed by atoms with van der Waals surface area (Å²) in [5.74, 6) is 1.53. The van der Waals surface area contributed by atoms with Gasteiger partial charge in [0.1, 0.15) is 23.8 Å². The molecule has 0 amide bonds. The first kappa shape index (κ1) is 25.0. The Morgan fingerprint density at radius 3 is 2.77 bits per heavy atom. The molecule has 0 aliphatic carbocycles. The number of benzene rings is 2. The maximum Gasteiger partial charge on any atom is 0.161 e. The van der Waals surface area contributed by atoms with Gasteiger partial charge in [-0.05, 0) is 48.0 Å². The Labute approximate surface area is 204 Å². The molecule has 1 atom stereocenters. The Morgan fingerprint density at radius 1 is 1.14 bits per heavy atom. The third-order valence-electron chi connectivity index (χ3n) is 5.74. The van der Waals surface area contributed by atoms with Crippen molar-refractivity contribution in [3.05, 3.63) is 72.3 Å². The molecular weight excluding hydrogens is 453 g/mol. The molecule has 9 heteroatoms. The number of hydrogen-bond acceptors (Lipinski definition) is 7. The lowest BCUT2D eigenvalue weighted by molar-refractivity contribution is -0.0646. The van der Waals surface area contributed by atoms with E-state index in [9.17, 15) is 9.50 Å². The molecule has 3 aromatic rings. The Balaban J connectivity index is 1.34. The van der Waals surface area contributed by atoms with Gasteiger partial charge in [0.15, 0.2) is 11.5 Å². The van der Waals surface area contributed by atoms with Gasteiger partial charge in [-0.1, -0.05) is 6.07 Å². The zero-order valence-corrected chi connectivity index (χ0v) is 19.9. The van der Waals surface area contributed by atoms with Crippen LogP contribution in [0.1, 0.15) is 12.0 Å². The van der Waals surface area contributed by atoms with Crippen LogP contribution in [-0.2, 0) is 17.8 Å². The molecule has 35 heavy (non-hydrogen) atoms. The monoisotopic (exact) mass is 485 g/mol. The molecule has 2 aromatic carbocycles. The summed E-state index contributed by atoms with van der Waals surface area (Å²) in [6, 6.07) is 13.5. The van der Waals surface area contributed by atoms with Gasteiger partial charge in [0, 0.05) is 45.0 Å². The van der Waals surface area contributed by atoms with E-state index >= 15 is 0 Å². The molecule has 0 unspecified atom stereocenters. The summed E-state index contributed by atoms with van der Waals surface area (Å²) in [7, 11) is 1.62. The molecule has 1 aliphatic heterocycles. The first-order chi connectivity index (χ1) is 17.0. The van der Waals surface area contributed by atoms with Crippen LogP contribution in [0.25, 0.3) is 0 Å². The number of methoxy groups -OCH3 is 1. The molecule has 0 spiro atoms. The normalized spacial score (nSPS) is 18.7. The van der Waals surface area contributed by atoms with E-state index in [0.717, 1.165) is 18.5 Å². The standard InChI is InChI=1S/C26H32FN3O5/c1-32-24-9-4-21(16-25(24)34-14-3-12-30-11-2-10-28-30)17-29-13-15-33-19-26(31,18-29)20-35-23-7-5-22(27)6-8-23/h2,4-11,16,31H,3,12-15,17-20H2,1H3/t26-/m0/s1. The van der Waals surface area contributed by atoms with Gasteiger partial charge >= 0.3 is 0 Å². The van der Waals surface area contributed by atoms with Crippen LogP contribution in [0.3, 0.4) is 0 Å². The van der Waals surface area contributed by atoms with E-state index in [-0.39, 0.29) is 19.0 Å². The van der Waals surface area contributed by atoms with E-state index in [1.165, 1.54) is 12.1 Å². The summed E-state index contributed by atoms with van der Waals surface area (Å²) >= 11 is 0. The number of hydrogen-bond donors (Lipinski definition) is 1. The van der Waals surface area contributed by atoms with Gasteiger partial charge in [-0.2, -0.15) is 5.10 Å². The SMILES string of the molecule is COc1ccc(CN2CCOC[C@](O)(COc3ccc(F)cc3)C2)cc1OCCCn1cccn1. The van der Waals surface area contributed by atoms with Crippen LogP contribution in [0.5, 0.6) is 17.2 Å². The second kappa shape index (κ2) is 12.0. The summed E-state index contributed by atoms with van der Waals surface area (Å²) in [5, 5.41) is 15.4. The third-order valence-corrected chi connectivity index (χ3v) is 5.74. The zero-order chi connectivity index (χ0) is 24.5. The highest BCUT2D eigenvalue weighted by atomic mass is 19.1. The molecule has 188 valence electrons. The lowest BCUT2D eigenvalue weighted by atomic mass is 10.1. The second-order valence-electron chi connectivity index (χ2n) is 8.69. The summed E-state index contributed by atoms with van der Waals surface area (Å²) in [6.45, 7) is 3.69. The molecule has 1 aromatic heterocycles. The van der Waals surface area contributed by atoms with Crippen LogP contribution in [-0.4, -0.2) is 72.0 Å². The number of rotatable bonds is 11. The average molecular weight is 486 g/mol. The molecule has 0 saturated carbocycles. The molecule has 0 bridgehead atoms. The minimum Gasteiger partial charge on any atom is -0.493 e. The van der Waals surface area contributed by atoms with Gasteiger partial charge in [-0.25, -0.2) is 4.39 Å². The predicted molar refractivity (Wildman–Crippen MR) is 128 cm³/mol. The third kappa shape index (κ3) is 7.42. The van der Waals surface area contributed by atoms with Crippen molar-refractivity contribution in [1.29, 1.82) is 0 Å². The Morgan fingerprint density at radius 2 is 2.00 bits per heavy atom. The molecule has 1 aliphatic rings. The fraction of sp³-hybridized carbons (Fsp3) is 0.423. The number of halogens is 1. The van der Waals surface area contributed by atoms with Gasteiger partial charge in [0.05, 0.1) is 26.9 Å². The van der Waals surface area contributed by atoms with Crippen LogP contribution >= 0.6 is 0 Å². The van der Waals surface area contributed by atoms with Crippen LogP contribution in [0.4, 0.5) is 4.39 Å². The largest absolute Gasteiger partial charge is 0.493 e. The smallest absolute Gasteiger partial charge is 0.161 e. The predicted octanol–water partition coefficient (Wildman–Crippen LogP) is 3.14. The number of ether oxygens (including phenoxy) is 4. The highest BCUT2D eigenvalue weighted by Gasteiger charge is 2.33. The maximum absolute atomic E-state index is 13.1. The molecule has 2 heterocycles. The van der Waals surface area contributed by atoms with Crippen LogP contribution in [0.15, 0.2) is 60.9 Å². The van der Waals surface area contributed by atoms with E-state index in [1.54, 1.807) is 25.4 Å². The number of β-amino-alcohol motifs (C(OH)–C–C–N with tert-alkyl or cyclic N) is 1. The summed E-state index contributed by atoms with van der Waals surface area (Å²) < 4.78 is 37.9. The van der Waals surface area contributed by atoms with Crippen molar-refractivity contribution < 1.29 is 28.4 Å². The summed E-state index contributed by atoms with van der Waals surface area (Å²) in [5.41, 5.74) is -0.153. The zero-order valence-electron chi connectivity index (χ0n) is 19.9. The Kier molecular flexibility index (Phi) is 8.57. The van der Waals surface area contributed by atoms with Crippen molar-refractivity contribution in [2.24, 2.45) is 0 Å². The lowest BCUT2D eigenvalue weighted by Gasteiger charge is -2.30. The van der Waals surface area contributed by atoms with Crippen LogP contribution in [0.2, 0.25) is 0 Å². The quantitative estimate of drug-likeness (QED) is 0.418. The molecular formula is C26H32FN3O5. The second-order valence-corrected chi connectivity index (χ2v) is 8.69. The van der Waals surface area contributed by atoms with E-state index in [0.29, 0.717) is 50.1 Å². The lowest BCUT2D eigenvalue weighted by Crippen LogP contribution is -2.48. The summed E-state index contributed by atoms with van der Waals surface area (Å²) in [6.07, 6.45) is 4.51. The molecule has 1 saturated heterocycles. The van der Waals surface area contributed by atoms with Crippen LogP contribution in [0, 0.1) is 5.82 Å². The van der Waals surface area contributed by atoms with Crippen molar-refractivity contribution in [2.75, 3.05) is 46.6 Å². The van der Waals surface area contributed by atoms with Gasteiger partial charge < -0.3 is 24.1 Å². The number of aliphatic hydroxyl groups is 1. The number of aromatic nitrogens is 2. The minimum atomic E-state index is -1.19. The van der Waals surface area contributed by atoms with E-state index in [4.69, 9.17) is 18.9 Å². The average Bonchev–Trinajstić information content (AvgIpc) is 3.31. The topological polar surface area (TPSA) is 78.2 Å². The Hall–Kier alpha value is -3.14. The number of aryl methyl sites for hydroxylation is 1. The first-order valence-electron chi connectivity index (χ1n) is 11.7. The molecule has 8 nitrogen and oxygen atoms in total. The van der Waals surface area contributed by atoms with Gasteiger partial charge in [-0.3, -0.25) is 9.58 Å². The Bertz CT molecular complexity index is 1050. The highest BCUT2D eigenvalue weighted by molar-refractivity contribution is 5.43. The van der Waals surface area contributed by atoms with Gasteiger partial charge in [0.2, 0.25) is 0 Å².